The molecule has 0 saturated carbocycles. The molecule has 10 heteroatoms. The SMILES string of the molecule is O=C(c1coc(Cc2ccc(-n3nccn3)cn2)n1)N1CCC(c2nccs2)C1. The van der Waals surface area contributed by atoms with Gasteiger partial charge in [-0.3, -0.25) is 9.78 Å². The van der Waals surface area contributed by atoms with Gasteiger partial charge in [0.1, 0.15) is 12.0 Å². The summed E-state index contributed by atoms with van der Waals surface area (Å²) in [6.45, 7) is 1.37. The summed E-state index contributed by atoms with van der Waals surface area (Å²) in [5.41, 5.74) is 1.88. The van der Waals surface area contributed by atoms with Gasteiger partial charge in [-0.1, -0.05) is 0 Å². The Morgan fingerprint density at radius 2 is 2.10 bits per heavy atom. The van der Waals surface area contributed by atoms with Crippen molar-refractivity contribution in [3.63, 3.8) is 0 Å². The summed E-state index contributed by atoms with van der Waals surface area (Å²) >= 11 is 1.64. The lowest BCUT2D eigenvalue weighted by Gasteiger charge is -2.13. The summed E-state index contributed by atoms with van der Waals surface area (Å²) in [6, 6.07) is 3.74. The average Bonchev–Trinajstić information content (AvgIpc) is 3.56. The van der Waals surface area contributed by atoms with Gasteiger partial charge in [0.05, 0.1) is 30.0 Å². The molecule has 1 saturated heterocycles. The maximum atomic E-state index is 12.8. The first-order valence-electron chi connectivity index (χ1n) is 9.21. The van der Waals surface area contributed by atoms with Gasteiger partial charge >= 0.3 is 0 Å². The van der Waals surface area contributed by atoms with Gasteiger partial charge in [-0.2, -0.15) is 15.0 Å². The minimum atomic E-state index is -0.105. The van der Waals surface area contributed by atoms with E-state index in [9.17, 15) is 4.79 Å². The molecule has 9 nitrogen and oxygen atoms in total. The number of carbonyl (C=O) groups is 1. The van der Waals surface area contributed by atoms with E-state index in [1.54, 1.807) is 36.1 Å². The van der Waals surface area contributed by atoms with E-state index < -0.39 is 0 Å². The lowest BCUT2D eigenvalue weighted by molar-refractivity contribution is 0.0785. The predicted octanol–water partition coefficient (Wildman–Crippen LogP) is 2.33. The van der Waals surface area contributed by atoms with Crippen molar-refractivity contribution in [2.24, 2.45) is 0 Å². The number of oxazole rings is 1. The highest BCUT2D eigenvalue weighted by molar-refractivity contribution is 7.09. The molecule has 5 heterocycles. The van der Waals surface area contributed by atoms with Gasteiger partial charge < -0.3 is 9.32 Å². The fraction of sp³-hybridized carbons (Fsp3) is 0.263. The average molecular weight is 407 g/mol. The van der Waals surface area contributed by atoms with Crippen LogP contribution in [0.15, 0.2) is 53.0 Å². The molecule has 1 amide bonds. The lowest BCUT2D eigenvalue weighted by Crippen LogP contribution is -2.28. The number of thiazole rings is 1. The molecule has 29 heavy (non-hydrogen) atoms. The van der Waals surface area contributed by atoms with Crippen molar-refractivity contribution in [3.05, 3.63) is 70.8 Å². The Hall–Kier alpha value is -3.40. The minimum absolute atomic E-state index is 0.105. The Kier molecular flexibility index (Phi) is 4.60. The van der Waals surface area contributed by atoms with Gasteiger partial charge in [0.15, 0.2) is 5.69 Å². The van der Waals surface area contributed by atoms with Crippen molar-refractivity contribution in [1.82, 2.24) is 34.8 Å². The van der Waals surface area contributed by atoms with Crippen molar-refractivity contribution in [2.45, 2.75) is 18.8 Å². The summed E-state index contributed by atoms with van der Waals surface area (Å²) in [6.07, 6.45) is 9.47. The number of nitrogens with zero attached hydrogens (tertiary/aromatic N) is 7. The van der Waals surface area contributed by atoms with E-state index >= 15 is 0 Å². The molecular formula is C19H17N7O2S. The molecule has 0 spiro atoms. The molecule has 1 aliphatic rings. The molecule has 4 aromatic heterocycles. The van der Waals surface area contributed by atoms with E-state index in [1.165, 1.54) is 11.1 Å². The van der Waals surface area contributed by atoms with Crippen molar-refractivity contribution < 1.29 is 9.21 Å². The second-order valence-electron chi connectivity index (χ2n) is 6.74. The predicted molar refractivity (Wildman–Crippen MR) is 104 cm³/mol. The molecule has 1 aliphatic heterocycles. The second-order valence-corrected chi connectivity index (χ2v) is 7.66. The maximum Gasteiger partial charge on any atom is 0.275 e. The fourth-order valence-electron chi connectivity index (χ4n) is 3.38. The van der Waals surface area contributed by atoms with E-state index in [2.05, 4.69) is 25.1 Å². The summed E-state index contributed by atoms with van der Waals surface area (Å²) in [7, 11) is 0. The Morgan fingerprint density at radius 3 is 2.86 bits per heavy atom. The third-order valence-corrected chi connectivity index (χ3v) is 5.78. The third kappa shape index (κ3) is 3.66. The summed E-state index contributed by atoms with van der Waals surface area (Å²) in [5.74, 6) is 0.658. The number of likely N-dealkylation sites (tertiary alicyclic amines) is 1. The van der Waals surface area contributed by atoms with Crippen LogP contribution in [0.1, 0.15) is 39.4 Å². The van der Waals surface area contributed by atoms with Crippen LogP contribution in [0.4, 0.5) is 0 Å². The van der Waals surface area contributed by atoms with Crippen LogP contribution in [0.2, 0.25) is 0 Å². The molecule has 0 bridgehead atoms. The van der Waals surface area contributed by atoms with E-state index in [1.807, 2.05) is 22.4 Å². The van der Waals surface area contributed by atoms with Crippen LogP contribution in [0, 0.1) is 0 Å². The zero-order valence-electron chi connectivity index (χ0n) is 15.4. The molecule has 5 rings (SSSR count). The number of aromatic nitrogens is 6. The molecule has 1 atom stereocenters. The van der Waals surface area contributed by atoms with Crippen molar-refractivity contribution >= 4 is 17.2 Å². The topological polar surface area (TPSA) is 103 Å². The molecule has 0 aromatic carbocycles. The first-order valence-corrected chi connectivity index (χ1v) is 10.1. The standard InChI is InChI=1S/C19H17N7O2S/c27-19(25-7-3-13(11-25)18-20-6-8-29-18)16-12-28-17(24-16)9-14-1-2-15(10-21-14)26-22-4-5-23-26/h1-2,4-6,8,10,12-13H,3,7,9,11H2. The first kappa shape index (κ1) is 17.7. The van der Waals surface area contributed by atoms with Crippen molar-refractivity contribution in [3.8, 4) is 5.69 Å². The van der Waals surface area contributed by atoms with Crippen molar-refractivity contribution in [2.75, 3.05) is 13.1 Å². The molecule has 4 aromatic rings. The van der Waals surface area contributed by atoms with Gasteiger partial charge in [-0.05, 0) is 18.6 Å². The summed E-state index contributed by atoms with van der Waals surface area (Å²) < 4.78 is 5.51. The van der Waals surface area contributed by atoms with Crippen LogP contribution in [0.3, 0.4) is 0 Å². The Labute approximate surface area is 170 Å². The second kappa shape index (κ2) is 7.55. The van der Waals surface area contributed by atoms with Crippen LogP contribution < -0.4 is 0 Å². The maximum absolute atomic E-state index is 12.8. The summed E-state index contributed by atoms with van der Waals surface area (Å²) in [5, 5.41) is 11.2. The largest absolute Gasteiger partial charge is 0.448 e. The molecule has 0 N–H and O–H groups in total. The van der Waals surface area contributed by atoms with Crippen LogP contribution in [0.25, 0.3) is 5.69 Å². The van der Waals surface area contributed by atoms with Crippen LogP contribution in [-0.4, -0.2) is 53.8 Å². The first-order chi connectivity index (χ1) is 14.3. The van der Waals surface area contributed by atoms with E-state index in [-0.39, 0.29) is 5.91 Å². The number of pyridine rings is 1. The third-order valence-electron chi connectivity index (χ3n) is 4.84. The quantitative estimate of drug-likeness (QED) is 0.500. The highest BCUT2D eigenvalue weighted by Crippen LogP contribution is 2.29. The van der Waals surface area contributed by atoms with Crippen LogP contribution >= 0.6 is 11.3 Å². The zero-order chi connectivity index (χ0) is 19.6. The Bertz CT molecular complexity index is 1090. The Morgan fingerprint density at radius 1 is 1.21 bits per heavy atom. The number of amides is 1. The molecule has 146 valence electrons. The zero-order valence-corrected chi connectivity index (χ0v) is 16.2. The molecule has 1 unspecified atom stereocenters. The molecule has 1 fully saturated rings. The smallest absolute Gasteiger partial charge is 0.275 e. The lowest BCUT2D eigenvalue weighted by atomic mass is 10.1. The van der Waals surface area contributed by atoms with Gasteiger partial charge in [-0.25, -0.2) is 9.97 Å². The molecular weight excluding hydrogens is 390 g/mol. The monoisotopic (exact) mass is 407 g/mol. The van der Waals surface area contributed by atoms with Gasteiger partial charge in [0, 0.05) is 36.3 Å². The van der Waals surface area contributed by atoms with Gasteiger partial charge in [0.2, 0.25) is 5.89 Å². The van der Waals surface area contributed by atoms with Crippen LogP contribution in [-0.2, 0) is 6.42 Å². The highest BCUT2D eigenvalue weighted by atomic mass is 32.1. The Balaban J connectivity index is 1.23. The van der Waals surface area contributed by atoms with Crippen molar-refractivity contribution in [1.29, 1.82) is 0 Å². The van der Waals surface area contributed by atoms with E-state index in [0.717, 1.165) is 22.8 Å². The minimum Gasteiger partial charge on any atom is -0.448 e. The molecule has 0 radical (unpaired) electrons. The fourth-order valence-corrected chi connectivity index (χ4v) is 4.15. The summed E-state index contributed by atoms with van der Waals surface area (Å²) in [4.78, 5) is 29.2. The number of hydrogen-bond acceptors (Lipinski definition) is 8. The normalized spacial score (nSPS) is 16.4. The molecule has 0 aliphatic carbocycles. The van der Waals surface area contributed by atoms with Crippen LogP contribution in [0.5, 0.6) is 0 Å². The van der Waals surface area contributed by atoms with Gasteiger partial charge in [0.25, 0.3) is 5.91 Å². The van der Waals surface area contributed by atoms with Gasteiger partial charge in [-0.15, -0.1) is 11.3 Å². The highest BCUT2D eigenvalue weighted by Gasteiger charge is 2.30. The number of carbonyl (C=O) groups excluding carboxylic acids is 1. The number of hydrogen-bond donors (Lipinski definition) is 0. The van der Waals surface area contributed by atoms with E-state index in [4.69, 9.17) is 4.42 Å². The number of rotatable bonds is 5. The van der Waals surface area contributed by atoms with E-state index in [0.29, 0.717) is 37.0 Å².